The Hall–Kier alpha value is -0.0800. The zero-order chi connectivity index (χ0) is 12.6. The molecular formula is C16H30N2. The highest BCUT2D eigenvalue weighted by molar-refractivity contribution is 4.98. The number of hydrogen-bond donors (Lipinski definition) is 2. The average molecular weight is 250 g/mol. The summed E-state index contributed by atoms with van der Waals surface area (Å²) in [5, 5.41) is 3.94. The molecule has 0 amide bonds. The monoisotopic (exact) mass is 250 g/mol. The van der Waals surface area contributed by atoms with Crippen molar-refractivity contribution in [3.63, 3.8) is 0 Å². The summed E-state index contributed by atoms with van der Waals surface area (Å²) in [6, 6.07) is 0.841. The number of rotatable bonds is 6. The lowest BCUT2D eigenvalue weighted by Crippen LogP contribution is -2.47. The van der Waals surface area contributed by atoms with Crippen LogP contribution in [0.3, 0.4) is 0 Å². The van der Waals surface area contributed by atoms with Crippen molar-refractivity contribution in [1.82, 2.24) is 5.32 Å². The summed E-state index contributed by atoms with van der Waals surface area (Å²) in [6.45, 7) is 4.47. The van der Waals surface area contributed by atoms with Crippen molar-refractivity contribution in [2.75, 3.05) is 13.1 Å². The first-order chi connectivity index (χ1) is 8.72. The SMILES string of the molecule is CC1CCC(CN)(CNC(C2CC2)C2CC2)CC1. The maximum Gasteiger partial charge on any atom is 0.0124 e. The van der Waals surface area contributed by atoms with Crippen LogP contribution in [-0.4, -0.2) is 19.1 Å². The smallest absolute Gasteiger partial charge is 0.0124 e. The fourth-order valence-corrected chi connectivity index (χ4v) is 3.79. The largest absolute Gasteiger partial charge is 0.330 e. The molecule has 0 spiro atoms. The quantitative estimate of drug-likeness (QED) is 0.760. The van der Waals surface area contributed by atoms with Gasteiger partial charge in [0, 0.05) is 12.6 Å². The maximum absolute atomic E-state index is 6.11. The summed E-state index contributed by atoms with van der Waals surface area (Å²) in [6.07, 6.45) is 11.4. The molecule has 2 nitrogen and oxygen atoms in total. The van der Waals surface area contributed by atoms with Gasteiger partial charge in [0.2, 0.25) is 0 Å². The Labute approximate surface area is 112 Å². The van der Waals surface area contributed by atoms with Gasteiger partial charge in [0.25, 0.3) is 0 Å². The number of nitrogens with two attached hydrogens (primary N) is 1. The van der Waals surface area contributed by atoms with E-state index >= 15 is 0 Å². The van der Waals surface area contributed by atoms with Gasteiger partial charge < -0.3 is 11.1 Å². The molecule has 18 heavy (non-hydrogen) atoms. The van der Waals surface area contributed by atoms with Crippen LogP contribution in [-0.2, 0) is 0 Å². The van der Waals surface area contributed by atoms with Crippen molar-refractivity contribution in [1.29, 1.82) is 0 Å². The van der Waals surface area contributed by atoms with E-state index in [1.165, 1.54) is 57.9 Å². The highest BCUT2D eigenvalue weighted by Crippen LogP contribution is 2.45. The van der Waals surface area contributed by atoms with E-state index < -0.39 is 0 Å². The zero-order valence-electron chi connectivity index (χ0n) is 12.0. The van der Waals surface area contributed by atoms with E-state index in [4.69, 9.17) is 5.73 Å². The first kappa shape index (κ1) is 12.9. The molecule has 0 aromatic heterocycles. The Kier molecular flexibility index (Phi) is 3.68. The molecule has 0 saturated heterocycles. The predicted octanol–water partition coefficient (Wildman–Crippen LogP) is 2.92. The van der Waals surface area contributed by atoms with Gasteiger partial charge in [-0.25, -0.2) is 0 Å². The maximum atomic E-state index is 6.11. The van der Waals surface area contributed by atoms with E-state index in [2.05, 4.69) is 12.2 Å². The fourth-order valence-electron chi connectivity index (χ4n) is 3.79. The summed E-state index contributed by atoms with van der Waals surface area (Å²) >= 11 is 0. The lowest BCUT2D eigenvalue weighted by molar-refractivity contribution is 0.150. The van der Waals surface area contributed by atoms with Crippen LogP contribution < -0.4 is 11.1 Å². The minimum absolute atomic E-state index is 0.425. The average Bonchev–Trinajstić information content (AvgIpc) is 3.26. The van der Waals surface area contributed by atoms with Crippen molar-refractivity contribution in [3.05, 3.63) is 0 Å². The summed E-state index contributed by atoms with van der Waals surface area (Å²) in [7, 11) is 0. The Morgan fingerprint density at radius 3 is 2.06 bits per heavy atom. The molecule has 0 unspecified atom stereocenters. The molecule has 104 valence electrons. The van der Waals surface area contributed by atoms with E-state index in [-0.39, 0.29) is 0 Å². The first-order valence-corrected chi connectivity index (χ1v) is 8.16. The molecular weight excluding hydrogens is 220 g/mol. The minimum Gasteiger partial charge on any atom is -0.330 e. The van der Waals surface area contributed by atoms with Gasteiger partial charge in [0.15, 0.2) is 0 Å². The Balaban J connectivity index is 1.53. The number of nitrogens with one attached hydrogen (secondary N) is 1. The van der Waals surface area contributed by atoms with Crippen LogP contribution in [0.1, 0.15) is 58.3 Å². The van der Waals surface area contributed by atoms with Gasteiger partial charge in [0.1, 0.15) is 0 Å². The Morgan fingerprint density at radius 2 is 1.61 bits per heavy atom. The Bertz CT molecular complexity index is 261. The molecule has 3 saturated carbocycles. The second-order valence-corrected chi connectivity index (χ2v) is 7.47. The highest BCUT2D eigenvalue weighted by Gasteiger charge is 2.42. The molecule has 3 N–H and O–H groups in total. The van der Waals surface area contributed by atoms with Crippen LogP contribution in [0.4, 0.5) is 0 Å². The molecule has 0 heterocycles. The molecule has 3 aliphatic carbocycles. The number of hydrogen-bond acceptors (Lipinski definition) is 2. The van der Waals surface area contributed by atoms with Crippen LogP contribution in [0, 0.1) is 23.2 Å². The molecule has 3 aliphatic rings. The van der Waals surface area contributed by atoms with Crippen LogP contribution in [0.25, 0.3) is 0 Å². The van der Waals surface area contributed by atoms with E-state index in [1.54, 1.807) is 0 Å². The van der Waals surface area contributed by atoms with E-state index in [9.17, 15) is 0 Å². The molecule has 0 aliphatic heterocycles. The van der Waals surface area contributed by atoms with Crippen LogP contribution in [0.2, 0.25) is 0 Å². The van der Waals surface area contributed by atoms with Gasteiger partial charge in [-0.05, 0) is 68.2 Å². The molecule has 0 aromatic carbocycles. The summed E-state index contributed by atoms with van der Waals surface area (Å²) in [5.41, 5.74) is 6.54. The van der Waals surface area contributed by atoms with Crippen molar-refractivity contribution in [3.8, 4) is 0 Å². The van der Waals surface area contributed by atoms with Gasteiger partial charge in [-0.2, -0.15) is 0 Å². The normalized spacial score (nSPS) is 37.2. The van der Waals surface area contributed by atoms with Crippen molar-refractivity contribution in [2.24, 2.45) is 28.9 Å². The topological polar surface area (TPSA) is 38.0 Å². The molecule has 0 radical (unpaired) electrons. The third kappa shape index (κ3) is 2.91. The van der Waals surface area contributed by atoms with Crippen LogP contribution in [0.5, 0.6) is 0 Å². The molecule has 2 heteroatoms. The van der Waals surface area contributed by atoms with Crippen LogP contribution >= 0.6 is 0 Å². The molecule has 0 aromatic rings. The van der Waals surface area contributed by atoms with Crippen LogP contribution in [0.15, 0.2) is 0 Å². The Morgan fingerprint density at radius 1 is 1.06 bits per heavy atom. The lowest BCUT2D eigenvalue weighted by atomic mass is 9.70. The predicted molar refractivity (Wildman–Crippen MR) is 76.4 cm³/mol. The van der Waals surface area contributed by atoms with Gasteiger partial charge in [-0.15, -0.1) is 0 Å². The molecule has 3 fully saturated rings. The minimum atomic E-state index is 0.425. The zero-order valence-corrected chi connectivity index (χ0v) is 12.0. The van der Waals surface area contributed by atoms with Crippen molar-refractivity contribution >= 4 is 0 Å². The standard InChI is InChI=1S/C16H30N2/c1-12-6-8-16(10-17,9-7-12)11-18-15(13-2-3-13)14-4-5-14/h12-15,18H,2-11,17H2,1H3. The summed E-state index contributed by atoms with van der Waals surface area (Å²) in [4.78, 5) is 0. The van der Waals surface area contributed by atoms with E-state index in [1.807, 2.05) is 0 Å². The van der Waals surface area contributed by atoms with Crippen molar-refractivity contribution in [2.45, 2.75) is 64.3 Å². The van der Waals surface area contributed by atoms with Crippen molar-refractivity contribution < 1.29 is 0 Å². The molecule has 3 rings (SSSR count). The van der Waals surface area contributed by atoms with E-state index in [0.717, 1.165) is 30.3 Å². The second kappa shape index (κ2) is 5.13. The fraction of sp³-hybridized carbons (Fsp3) is 1.00. The molecule has 0 atom stereocenters. The van der Waals surface area contributed by atoms with Gasteiger partial charge in [0.05, 0.1) is 0 Å². The third-order valence-corrected chi connectivity index (χ3v) is 5.74. The second-order valence-electron chi connectivity index (χ2n) is 7.47. The third-order valence-electron chi connectivity index (χ3n) is 5.74. The highest BCUT2D eigenvalue weighted by atomic mass is 15.0. The first-order valence-electron chi connectivity index (χ1n) is 8.16. The summed E-state index contributed by atoms with van der Waals surface area (Å²) < 4.78 is 0. The molecule has 0 bridgehead atoms. The van der Waals surface area contributed by atoms with Gasteiger partial charge in [-0.1, -0.05) is 19.8 Å². The summed E-state index contributed by atoms with van der Waals surface area (Å²) in [5.74, 6) is 2.94. The van der Waals surface area contributed by atoms with Gasteiger partial charge >= 0.3 is 0 Å². The van der Waals surface area contributed by atoms with Gasteiger partial charge in [-0.3, -0.25) is 0 Å². The lowest BCUT2D eigenvalue weighted by Gasteiger charge is -2.40. The van der Waals surface area contributed by atoms with E-state index in [0.29, 0.717) is 5.41 Å².